The van der Waals surface area contributed by atoms with Crippen molar-refractivity contribution in [2.75, 3.05) is 13.1 Å². The maximum atomic E-state index is 12.7. The first kappa shape index (κ1) is 19.2. The quantitative estimate of drug-likeness (QED) is 0.651. The maximum absolute atomic E-state index is 12.7. The molecule has 0 unspecified atom stereocenters. The van der Waals surface area contributed by atoms with Crippen LogP contribution in [-0.2, 0) is 6.18 Å². The minimum Gasteiger partial charge on any atom is -0.350 e. The van der Waals surface area contributed by atoms with E-state index in [0.29, 0.717) is 31.6 Å². The van der Waals surface area contributed by atoms with Crippen molar-refractivity contribution in [3.8, 4) is 11.3 Å². The number of likely N-dealkylation sites (tertiary alicyclic amines) is 1. The third kappa shape index (κ3) is 4.03. The van der Waals surface area contributed by atoms with Gasteiger partial charge < -0.3 is 9.42 Å². The lowest BCUT2D eigenvalue weighted by Gasteiger charge is -2.31. The first-order chi connectivity index (χ1) is 13.8. The molecule has 0 aliphatic carbocycles. The summed E-state index contributed by atoms with van der Waals surface area (Å²) in [5, 5.41) is 7.61. The number of hydrogen-bond acceptors (Lipinski definition) is 4. The molecule has 9 heteroatoms. The van der Waals surface area contributed by atoms with Gasteiger partial charge in [-0.15, -0.1) is 0 Å². The molecular formula is C20H19F3N4O2. The zero-order chi connectivity index (χ0) is 20.6. The van der Waals surface area contributed by atoms with E-state index < -0.39 is 11.9 Å². The number of aryl methyl sites for hydroxylation is 1. The molecule has 0 spiro atoms. The molecule has 0 atom stereocenters. The number of nitrogens with zero attached hydrogens (tertiary/aromatic N) is 4. The molecule has 152 valence electrons. The van der Waals surface area contributed by atoms with E-state index in [9.17, 15) is 18.0 Å². The number of carbonyl (C=O) groups excluding carboxylic acids is 1. The lowest BCUT2D eigenvalue weighted by atomic mass is 10.0. The Bertz CT molecular complexity index is 999. The number of hydrogen-bond donors (Lipinski definition) is 0. The number of rotatable bonds is 3. The van der Waals surface area contributed by atoms with E-state index in [4.69, 9.17) is 4.52 Å². The van der Waals surface area contributed by atoms with Crippen LogP contribution >= 0.6 is 0 Å². The van der Waals surface area contributed by atoms with Gasteiger partial charge in [-0.2, -0.15) is 18.3 Å². The molecule has 6 nitrogen and oxygen atoms in total. The molecular weight excluding hydrogens is 385 g/mol. The highest BCUT2D eigenvalue weighted by molar-refractivity contribution is 5.92. The molecule has 1 amide bonds. The molecule has 1 aliphatic rings. The smallest absolute Gasteiger partial charge is 0.350 e. The highest BCUT2D eigenvalue weighted by Crippen LogP contribution is 2.30. The predicted octanol–water partition coefficient (Wildman–Crippen LogP) is 4.34. The second kappa shape index (κ2) is 7.38. The van der Waals surface area contributed by atoms with Crippen molar-refractivity contribution in [1.29, 1.82) is 0 Å². The molecule has 2 aromatic heterocycles. The number of piperidine rings is 1. The molecule has 1 saturated heterocycles. The van der Waals surface area contributed by atoms with Crippen LogP contribution in [0.5, 0.6) is 0 Å². The van der Waals surface area contributed by atoms with Gasteiger partial charge in [-0.25, -0.2) is 0 Å². The van der Waals surface area contributed by atoms with Crippen LogP contribution in [0.4, 0.5) is 13.2 Å². The van der Waals surface area contributed by atoms with Gasteiger partial charge in [0.2, 0.25) is 5.76 Å². The number of benzene rings is 1. The minimum atomic E-state index is -4.45. The fourth-order valence-electron chi connectivity index (χ4n) is 3.42. The number of amides is 1. The second-order valence-electron chi connectivity index (χ2n) is 7.14. The molecule has 0 radical (unpaired) electrons. The number of alkyl halides is 3. The van der Waals surface area contributed by atoms with Crippen molar-refractivity contribution in [3.05, 3.63) is 59.6 Å². The summed E-state index contributed by atoms with van der Waals surface area (Å²) in [7, 11) is 0. The molecule has 4 rings (SSSR count). The maximum Gasteiger partial charge on any atom is 0.435 e. The van der Waals surface area contributed by atoms with Gasteiger partial charge in [0.15, 0.2) is 5.69 Å². The van der Waals surface area contributed by atoms with Crippen molar-refractivity contribution >= 4 is 5.91 Å². The average Bonchev–Trinajstić information content (AvgIpc) is 3.38. The van der Waals surface area contributed by atoms with Gasteiger partial charge in [-0.3, -0.25) is 9.48 Å². The van der Waals surface area contributed by atoms with E-state index in [1.165, 1.54) is 10.9 Å². The van der Waals surface area contributed by atoms with Gasteiger partial charge in [0.25, 0.3) is 5.91 Å². The van der Waals surface area contributed by atoms with Gasteiger partial charge in [-0.1, -0.05) is 35.0 Å². The Balaban J connectivity index is 1.39. The highest BCUT2D eigenvalue weighted by Gasteiger charge is 2.35. The summed E-state index contributed by atoms with van der Waals surface area (Å²) in [6.45, 7) is 2.80. The summed E-state index contributed by atoms with van der Waals surface area (Å²) in [6.07, 6.45) is -2.08. The topological polar surface area (TPSA) is 64.2 Å². The third-order valence-electron chi connectivity index (χ3n) is 5.09. The number of aromatic nitrogens is 3. The Morgan fingerprint density at radius 2 is 1.83 bits per heavy atom. The molecule has 3 heterocycles. The third-order valence-corrected chi connectivity index (χ3v) is 5.09. The van der Waals surface area contributed by atoms with Crippen LogP contribution in [0.25, 0.3) is 11.3 Å². The Kier molecular flexibility index (Phi) is 4.89. The fourth-order valence-corrected chi connectivity index (χ4v) is 3.42. The lowest BCUT2D eigenvalue weighted by Crippen LogP contribution is -2.39. The molecule has 0 bridgehead atoms. The minimum absolute atomic E-state index is 0.150. The van der Waals surface area contributed by atoms with Gasteiger partial charge in [0, 0.05) is 30.9 Å². The average molecular weight is 404 g/mol. The van der Waals surface area contributed by atoms with E-state index in [2.05, 4.69) is 10.3 Å². The van der Waals surface area contributed by atoms with E-state index in [1.807, 2.05) is 31.2 Å². The molecule has 1 aromatic carbocycles. The lowest BCUT2D eigenvalue weighted by molar-refractivity contribution is -0.141. The van der Waals surface area contributed by atoms with E-state index in [-0.39, 0.29) is 17.7 Å². The summed E-state index contributed by atoms with van der Waals surface area (Å²) in [5.74, 6) is -0.122. The van der Waals surface area contributed by atoms with Crippen molar-refractivity contribution < 1.29 is 22.5 Å². The fraction of sp³-hybridized carbons (Fsp3) is 0.350. The Hall–Kier alpha value is -3.10. The summed E-state index contributed by atoms with van der Waals surface area (Å²) >= 11 is 0. The van der Waals surface area contributed by atoms with Crippen LogP contribution < -0.4 is 0 Å². The van der Waals surface area contributed by atoms with Crippen LogP contribution in [0, 0.1) is 6.92 Å². The molecule has 3 aromatic rings. The number of carbonyl (C=O) groups is 1. The monoisotopic (exact) mass is 404 g/mol. The van der Waals surface area contributed by atoms with Crippen LogP contribution in [0.3, 0.4) is 0 Å². The molecule has 0 saturated carbocycles. The van der Waals surface area contributed by atoms with Gasteiger partial charge in [0.05, 0.1) is 6.04 Å². The molecule has 29 heavy (non-hydrogen) atoms. The molecule has 1 aliphatic heterocycles. The van der Waals surface area contributed by atoms with E-state index >= 15 is 0 Å². The van der Waals surface area contributed by atoms with Crippen LogP contribution in [0.1, 0.15) is 40.7 Å². The van der Waals surface area contributed by atoms with Crippen LogP contribution in [-0.4, -0.2) is 38.8 Å². The van der Waals surface area contributed by atoms with Crippen LogP contribution in [0.2, 0.25) is 0 Å². The molecule has 0 N–H and O–H groups in total. The summed E-state index contributed by atoms with van der Waals surface area (Å²) < 4.78 is 44.7. The number of halogens is 3. The first-order valence-electron chi connectivity index (χ1n) is 9.26. The summed E-state index contributed by atoms with van der Waals surface area (Å²) in [5.41, 5.74) is 1.66. The second-order valence-corrected chi connectivity index (χ2v) is 7.14. The first-order valence-corrected chi connectivity index (χ1v) is 9.26. The Morgan fingerprint density at radius 3 is 2.45 bits per heavy atom. The van der Waals surface area contributed by atoms with Crippen molar-refractivity contribution in [2.24, 2.45) is 0 Å². The Labute approximate surface area is 164 Å². The Morgan fingerprint density at radius 1 is 1.14 bits per heavy atom. The zero-order valence-corrected chi connectivity index (χ0v) is 15.7. The van der Waals surface area contributed by atoms with Crippen molar-refractivity contribution in [2.45, 2.75) is 32.0 Å². The van der Waals surface area contributed by atoms with E-state index in [0.717, 1.165) is 17.2 Å². The predicted molar refractivity (Wildman–Crippen MR) is 98.1 cm³/mol. The van der Waals surface area contributed by atoms with Crippen molar-refractivity contribution in [1.82, 2.24) is 19.8 Å². The van der Waals surface area contributed by atoms with Crippen LogP contribution in [0.15, 0.2) is 47.1 Å². The van der Waals surface area contributed by atoms with Gasteiger partial charge >= 0.3 is 6.18 Å². The van der Waals surface area contributed by atoms with Gasteiger partial charge in [-0.05, 0) is 25.8 Å². The van der Waals surface area contributed by atoms with Crippen molar-refractivity contribution in [3.63, 3.8) is 0 Å². The summed E-state index contributed by atoms with van der Waals surface area (Å²) in [6, 6.07) is 10.1. The largest absolute Gasteiger partial charge is 0.435 e. The molecule has 1 fully saturated rings. The normalized spacial score (nSPS) is 15.7. The van der Waals surface area contributed by atoms with Gasteiger partial charge in [0.1, 0.15) is 5.69 Å². The standard InChI is InChI=1S/C20H19F3N4O2/c1-13-2-4-14(5-3-13)16-12-17(29-25-16)19(28)26-9-6-15(7-10-26)27-11-8-18(24-27)20(21,22)23/h2-5,8,11-12,15H,6-7,9-10H2,1H3. The SMILES string of the molecule is Cc1ccc(-c2cc(C(=O)N3CCC(n4ccc(C(F)(F)F)n4)CC3)on2)cc1. The van der Waals surface area contributed by atoms with E-state index in [1.54, 1.807) is 11.0 Å². The summed E-state index contributed by atoms with van der Waals surface area (Å²) in [4.78, 5) is 14.3. The highest BCUT2D eigenvalue weighted by atomic mass is 19.4. The zero-order valence-electron chi connectivity index (χ0n) is 15.7.